The fraction of sp³-hybridized carbons (Fsp3) is 0.611. The van der Waals surface area contributed by atoms with E-state index in [1.54, 1.807) is 11.8 Å². The first-order valence-corrected chi connectivity index (χ1v) is 8.22. The van der Waals surface area contributed by atoms with E-state index in [0.29, 0.717) is 6.04 Å². The van der Waals surface area contributed by atoms with Crippen LogP contribution in [0, 0.1) is 0 Å². The molecule has 1 N–H and O–H groups in total. The Balaban J connectivity index is 2.11. The van der Waals surface area contributed by atoms with Crippen molar-refractivity contribution in [1.29, 1.82) is 0 Å². The van der Waals surface area contributed by atoms with Crippen LogP contribution in [0.1, 0.15) is 64.5 Å². The minimum atomic E-state index is 0.181. The molecule has 1 aliphatic carbocycles. The Bertz CT molecular complexity index is 468. The monoisotopic (exact) mass is 288 g/mol. The van der Waals surface area contributed by atoms with E-state index in [1.165, 1.54) is 31.2 Å². The summed E-state index contributed by atoms with van der Waals surface area (Å²) in [6, 6.07) is 2.46. The molecular weight excluding hydrogens is 260 g/mol. The third-order valence-electron chi connectivity index (χ3n) is 3.81. The molecular formula is C18H28N2O. The predicted octanol–water partition coefficient (Wildman–Crippen LogP) is 4.41. The van der Waals surface area contributed by atoms with Gasteiger partial charge in [-0.25, -0.2) is 0 Å². The van der Waals surface area contributed by atoms with Crippen molar-refractivity contribution in [2.24, 2.45) is 0 Å². The lowest BCUT2D eigenvalue weighted by atomic mass is 9.92. The number of aromatic nitrogens is 1. The third-order valence-corrected chi connectivity index (χ3v) is 3.81. The first kappa shape index (κ1) is 16.0. The van der Waals surface area contributed by atoms with Gasteiger partial charge >= 0.3 is 0 Å². The summed E-state index contributed by atoms with van der Waals surface area (Å²) in [5, 5.41) is 3.59. The van der Waals surface area contributed by atoms with E-state index >= 15 is 0 Å². The van der Waals surface area contributed by atoms with Crippen molar-refractivity contribution in [3.05, 3.63) is 35.7 Å². The van der Waals surface area contributed by atoms with Crippen molar-refractivity contribution in [2.45, 2.75) is 65.0 Å². The highest BCUT2D eigenvalue weighted by atomic mass is 16.5. The van der Waals surface area contributed by atoms with Gasteiger partial charge in [-0.1, -0.05) is 18.6 Å². The van der Waals surface area contributed by atoms with Gasteiger partial charge < -0.3 is 10.1 Å². The average Bonchev–Trinajstić information content (AvgIpc) is 2.47. The molecule has 0 aliphatic heterocycles. The Morgan fingerprint density at radius 3 is 2.81 bits per heavy atom. The van der Waals surface area contributed by atoms with Gasteiger partial charge in [0.15, 0.2) is 0 Å². The van der Waals surface area contributed by atoms with E-state index in [4.69, 9.17) is 4.74 Å². The van der Waals surface area contributed by atoms with Gasteiger partial charge in [0.1, 0.15) is 5.75 Å². The number of nitrogens with zero attached hydrogens (tertiary/aromatic N) is 1. The van der Waals surface area contributed by atoms with E-state index in [0.717, 1.165) is 18.7 Å². The standard InChI is InChI=1S/C18H28N2O/c1-4-20-18(10-15-8-6-5-7-9-15)16-11-17(13-19-12-16)21-14(2)3/h8,11-14,18,20H,4-7,9-10H2,1-3H3. The summed E-state index contributed by atoms with van der Waals surface area (Å²) in [7, 11) is 0. The summed E-state index contributed by atoms with van der Waals surface area (Å²) < 4.78 is 5.77. The maximum Gasteiger partial charge on any atom is 0.138 e. The van der Waals surface area contributed by atoms with Crippen LogP contribution in [-0.4, -0.2) is 17.6 Å². The van der Waals surface area contributed by atoms with Crippen LogP contribution in [0.5, 0.6) is 5.75 Å². The molecule has 0 radical (unpaired) electrons. The highest BCUT2D eigenvalue weighted by Crippen LogP contribution is 2.28. The molecule has 1 atom stereocenters. The van der Waals surface area contributed by atoms with Gasteiger partial charge in [0, 0.05) is 12.2 Å². The lowest BCUT2D eigenvalue weighted by Gasteiger charge is -2.22. The van der Waals surface area contributed by atoms with Crippen molar-refractivity contribution >= 4 is 0 Å². The second-order valence-corrected chi connectivity index (χ2v) is 6.04. The molecule has 1 aromatic rings. The summed E-state index contributed by atoms with van der Waals surface area (Å²) in [5.74, 6) is 0.864. The molecule has 3 nitrogen and oxygen atoms in total. The molecule has 0 bridgehead atoms. The number of pyridine rings is 1. The van der Waals surface area contributed by atoms with Crippen molar-refractivity contribution in [1.82, 2.24) is 10.3 Å². The molecule has 1 aromatic heterocycles. The number of nitrogens with one attached hydrogen (secondary N) is 1. The van der Waals surface area contributed by atoms with Crippen LogP contribution >= 0.6 is 0 Å². The number of hydrogen-bond donors (Lipinski definition) is 1. The minimum Gasteiger partial charge on any atom is -0.489 e. The van der Waals surface area contributed by atoms with Gasteiger partial charge in [-0.15, -0.1) is 0 Å². The van der Waals surface area contributed by atoms with Crippen molar-refractivity contribution in [3.63, 3.8) is 0 Å². The highest BCUT2D eigenvalue weighted by molar-refractivity contribution is 5.27. The SMILES string of the molecule is CCNC(CC1=CCCCC1)c1cncc(OC(C)C)c1. The molecule has 21 heavy (non-hydrogen) atoms. The lowest BCUT2D eigenvalue weighted by molar-refractivity contribution is 0.241. The Hall–Kier alpha value is -1.35. The summed E-state index contributed by atoms with van der Waals surface area (Å²) in [5.41, 5.74) is 2.81. The molecule has 0 saturated carbocycles. The van der Waals surface area contributed by atoms with Crippen molar-refractivity contribution in [3.8, 4) is 5.75 Å². The molecule has 0 saturated heterocycles. The molecule has 1 heterocycles. The number of rotatable bonds is 7. The van der Waals surface area contributed by atoms with Crippen LogP contribution in [0.2, 0.25) is 0 Å². The highest BCUT2D eigenvalue weighted by Gasteiger charge is 2.15. The molecule has 0 aromatic carbocycles. The minimum absolute atomic E-state index is 0.181. The Labute approximate surface area is 128 Å². The summed E-state index contributed by atoms with van der Waals surface area (Å²) >= 11 is 0. The van der Waals surface area contributed by atoms with E-state index in [2.05, 4.69) is 29.4 Å². The second kappa shape index (κ2) is 8.18. The Kier molecular flexibility index (Phi) is 6.24. The van der Waals surface area contributed by atoms with Crippen LogP contribution in [-0.2, 0) is 0 Å². The lowest BCUT2D eigenvalue weighted by Crippen LogP contribution is -2.22. The van der Waals surface area contributed by atoms with Crippen LogP contribution < -0.4 is 10.1 Å². The molecule has 0 fully saturated rings. The smallest absolute Gasteiger partial charge is 0.138 e. The summed E-state index contributed by atoms with van der Waals surface area (Å²) in [6.07, 6.45) is 12.6. The Morgan fingerprint density at radius 2 is 2.14 bits per heavy atom. The van der Waals surface area contributed by atoms with E-state index in [1.807, 2.05) is 20.0 Å². The topological polar surface area (TPSA) is 34.2 Å². The number of hydrogen-bond acceptors (Lipinski definition) is 3. The van der Waals surface area contributed by atoms with Gasteiger partial charge in [0.05, 0.1) is 12.3 Å². The average molecular weight is 288 g/mol. The van der Waals surface area contributed by atoms with Crippen LogP contribution in [0.4, 0.5) is 0 Å². The number of allylic oxidation sites excluding steroid dienone is 1. The summed E-state index contributed by atoms with van der Waals surface area (Å²) in [4.78, 5) is 4.35. The molecule has 2 rings (SSSR count). The zero-order valence-electron chi connectivity index (χ0n) is 13.6. The maximum atomic E-state index is 5.77. The first-order chi connectivity index (χ1) is 10.2. The molecule has 3 heteroatoms. The molecule has 0 amide bonds. The van der Waals surface area contributed by atoms with Crippen molar-refractivity contribution < 1.29 is 4.74 Å². The summed E-state index contributed by atoms with van der Waals surface area (Å²) in [6.45, 7) is 7.21. The van der Waals surface area contributed by atoms with E-state index in [-0.39, 0.29) is 6.10 Å². The van der Waals surface area contributed by atoms with E-state index in [9.17, 15) is 0 Å². The zero-order chi connectivity index (χ0) is 15.1. The number of ether oxygens (including phenoxy) is 1. The third kappa shape index (κ3) is 5.16. The van der Waals surface area contributed by atoms with Gasteiger partial charge in [-0.05, 0) is 64.1 Å². The Morgan fingerprint density at radius 1 is 1.29 bits per heavy atom. The molecule has 1 unspecified atom stereocenters. The fourth-order valence-corrected chi connectivity index (χ4v) is 2.87. The second-order valence-electron chi connectivity index (χ2n) is 6.04. The quantitative estimate of drug-likeness (QED) is 0.755. The molecule has 0 spiro atoms. The normalized spacial score (nSPS) is 16.7. The van der Waals surface area contributed by atoms with Gasteiger partial charge in [-0.2, -0.15) is 0 Å². The van der Waals surface area contributed by atoms with Crippen LogP contribution in [0.3, 0.4) is 0 Å². The predicted molar refractivity (Wildman–Crippen MR) is 87.6 cm³/mol. The van der Waals surface area contributed by atoms with Crippen LogP contribution in [0.15, 0.2) is 30.1 Å². The van der Waals surface area contributed by atoms with Gasteiger partial charge in [0.25, 0.3) is 0 Å². The molecule has 1 aliphatic rings. The van der Waals surface area contributed by atoms with Crippen LogP contribution in [0.25, 0.3) is 0 Å². The fourth-order valence-electron chi connectivity index (χ4n) is 2.87. The first-order valence-electron chi connectivity index (χ1n) is 8.22. The van der Waals surface area contributed by atoms with Gasteiger partial charge in [-0.3, -0.25) is 4.98 Å². The van der Waals surface area contributed by atoms with Crippen molar-refractivity contribution in [2.75, 3.05) is 6.54 Å². The van der Waals surface area contributed by atoms with E-state index < -0.39 is 0 Å². The van der Waals surface area contributed by atoms with Gasteiger partial charge in [0.2, 0.25) is 0 Å². The zero-order valence-corrected chi connectivity index (χ0v) is 13.6. The maximum absolute atomic E-state index is 5.77. The largest absolute Gasteiger partial charge is 0.489 e. The molecule has 116 valence electrons.